The Bertz CT molecular complexity index is 274. The Balaban J connectivity index is 2.76. The minimum atomic E-state index is -0.595. The molecule has 1 aliphatic heterocycles. The largest absolute Gasteiger partial charge is 0.396 e. The summed E-state index contributed by atoms with van der Waals surface area (Å²) in [6.45, 7) is 10.3. The molecule has 1 rings (SSSR count). The predicted molar refractivity (Wildman–Crippen MR) is 74.9 cm³/mol. The molecule has 1 atom stereocenters. The second kappa shape index (κ2) is 7.20. The average Bonchev–Trinajstić information content (AvgIpc) is 3.26. The standard InChI is InChI=1S/C15H26O4/c1-4-7-15(8-5-2,13-9-18-13)19-12-14(6-3,10-16)11-17/h4-5,13,16-17H,1-2,6-12H2,3H3. The third-order valence-corrected chi connectivity index (χ3v) is 3.99. The van der Waals surface area contributed by atoms with Gasteiger partial charge in [0.15, 0.2) is 0 Å². The first-order valence-corrected chi connectivity index (χ1v) is 6.81. The lowest BCUT2D eigenvalue weighted by Gasteiger charge is -2.36. The van der Waals surface area contributed by atoms with E-state index in [4.69, 9.17) is 9.47 Å². The highest BCUT2D eigenvalue weighted by atomic mass is 16.6. The molecule has 0 saturated carbocycles. The van der Waals surface area contributed by atoms with Crippen LogP contribution in [-0.4, -0.2) is 48.3 Å². The van der Waals surface area contributed by atoms with Crippen LogP contribution in [0.15, 0.2) is 25.3 Å². The van der Waals surface area contributed by atoms with Crippen molar-refractivity contribution >= 4 is 0 Å². The van der Waals surface area contributed by atoms with Crippen molar-refractivity contribution < 1.29 is 19.7 Å². The average molecular weight is 270 g/mol. The van der Waals surface area contributed by atoms with E-state index in [9.17, 15) is 10.2 Å². The molecule has 1 aliphatic rings. The summed E-state index contributed by atoms with van der Waals surface area (Å²) < 4.78 is 11.5. The number of rotatable bonds is 11. The van der Waals surface area contributed by atoms with E-state index >= 15 is 0 Å². The normalized spacial score (nSPS) is 19.2. The summed E-state index contributed by atoms with van der Waals surface area (Å²) in [5, 5.41) is 19.0. The molecule has 0 aromatic heterocycles. The zero-order valence-electron chi connectivity index (χ0n) is 11.8. The van der Waals surface area contributed by atoms with Gasteiger partial charge in [-0.1, -0.05) is 19.1 Å². The number of ether oxygens (including phenoxy) is 2. The van der Waals surface area contributed by atoms with E-state index < -0.39 is 11.0 Å². The topological polar surface area (TPSA) is 62.2 Å². The highest BCUT2D eigenvalue weighted by Gasteiger charge is 2.47. The van der Waals surface area contributed by atoms with Gasteiger partial charge in [0.2, 0.25) is 0 Å². The molecular weight excluding hydrogens is 244 g/mol. The molecule has 110 valence electrons. The lowest BCUT2D eigenvalue weighted by molar-refractivity contribution is -0.117. The van der Waals surface area contributed by atoms with Crippen molar-refractivity contribution in [2.45, 2.75) is 37.9 Å². The Morgan fingerprint density at radius 3 is 2.11 bits per heavy atom. The van der Waals surface area contributed by atoms with Crippen LogP contribution < -0.4 is 0 Å². The van der Waals surface area contributed by atoms with E-state index in [2.05, 4.69) is 13.2 Å². The van der Waals surface area contributed by atoms with Gasteiger partial charge in [0, 0.05) is 5.41 Å². The van der Waals surface area contributed by atoms with Crippen LogP contribution in [0.5, 0.6) is 0 Å². The molecule has 1 heterocycles. The summed E-state index contributed by atoms with van der Waals surface area (Å²) in [6.07, 6.45) is 5.67. The van der Waals surface area contributed by atoms with Gasteiger partial charge in [0.25, 0.3) is 0 Å². The van der Waals surface area contributed by atoms with Crippen LogP contribution in [0.4, 0.5) is 0 Å². The summed E-state index contributed by atoms with van der Waals surface area (Å²) in [4.78, 5) is 0. The molecule has 4 nitrogen and oxygen atoms in total. The smallest absolute Gasteiger partial charge is 0.110 e. The number of aliphatic hydroxyl groups is 2. The van der Waals surface area contributed by atoms with E-state index in [0.717, 1.165) is 0 Å². The van der Waals surface area contributed by atoms with E-state index in [0.29, 0.717) is 32.5 Å². The fourth-order valence-corrected chi connectivity index (χ4v) is 2.16. The third kappa shape index (κ3) is 3.89. The Kier molecular flexibility index (Phi) is 6.20. The van der Waals surface area contributed by atoms with Gasteiger partial charge in [0.05, 0.1) is 26.4 Å². The lowest BCUT2D eigenvalue weighted by atomic mass is 9.86. The van der Waals surface area contributed by atoms with Gasteiger partial charge in [-0.25, -0.2) is 0 Å². The van der Waals surface area contributed by atoms with Gasteiger partial charge in [0.1, 0.15) is 11.7 Å². The lowest BCUT2D eigenvalue weighted by Crippen LogP contribution is -2.44. The second-order valence-electron chi connectivity index (χ2n) is 5.33. The minimum Gasteiger partial charge on any atom is -0.396 e. The first kappa shape index (κ1) is 16.4. The van der Waals surface area contributed by atoms with Gasteiger partial charge in [-0.3, -0.25) is 0 Å². The monoisotopic (exact) mass is 270 g/mol. The number of hydrogen-bond donors (Lipinski definition) is 2. The maximum absolute atomic E-state index is 9.48. The molecule has 1 unspecified atom stereocenters. The molecule has 1 fully saturated rings. The third-order valence-electron chi connectivity index (χ3n) is 3.99. The first-order chi connectivity index (χ1) is 9.12. The van der Waals surface area contributed by atoms with Gasteiger partial charge in [-0.2, -0.15) is 0 Å². The van der Waals surface area contributed by atoms with E-state index in [-0.39, 0.29) is 19.3 Å². The molecule has 4 heteroatoms. The van der Waals surface area contributed by atoms with Gasteiger partial charge in [-0.15, -0.1) is 13.2 Å². The Labute approximate surface area is 115 Å². The van der Waals surface area contributed by atoms with Crippen LogP contribution in [0.1, 0.15) is 26.2 Å². The van der Waals surface area contributed by atoms with Crippen LogP contribution >= 0.6 is 0 Å². The summed E-state index contributed by atoms with van der Waals surface area (Å²) in [6, 6.07) is 0. The van der Waals surface area contributed by atoms with Crippen molar-refractivity contribution in [1.29, 1.82) is 0 Å². The molecule has 0 radical (unpaired) electrons. The Hall–Kier alpha value is -0.680. The van der Waals surface area contributed by atoms with Crippen molar-refractivity contribution in [3.63, 3.8) is 0 Å². The summed E-state index contributed by atoms with van der Waals surface area (Å²) in [5.74, 6) is 0. The van der Waals surface area contributed by atoms with Crippen LogP contribution in [0.25, 0.3) is 0 Å². The minimum absolute atomic E-state index is 0.0513. The molecule has 0 amide bonds. The second-order valence-corrected chi connectivity index (χ2v) is 5.33. The van der Waals surface area contributed by atoms with Crippen LogP contribution in [0.3, 0.4) is 0 Å². The number of aliphatic hydroxyl groups excluding tert-OH is 2. The maximum Gasteiger partial charge on any atom is 0.110 e. The highest BCUT2D eigenvalue weighted by molar-refractivity contribution is 5.03. The fourth-order valence-electron chi connectivity index (χ4n) is 2.16. The number of hydrogen-bond acceptors (Lipinski definition) is 4. The predicted octanol–water partition coefficient (Wildman–Crippen LogP) is 1.67. The molecule has 19 heavy (non-hydrogen) atoms. The molecular formula is C15H26O4. The van der Waals surface area contributed by atoms with Crippen molar-refractivity contribution in [3.8, 4) is 0 Å². The molecule has 1 saturated heterocycles. The SMILES string of the molecule is C=CCC(CC=C)(OCC(CC)(CO)CO)C1CO1. The van der Waals surface area contributed by atoms with E-state index in [1.165, 1.54) is 0 Å². The highest BCUT2D eigenvalue weighted by Crippen LogP contribution is 2.37. The quantitative estimate of drug-likeness (QED) is 0.443. The van der Waals surface area contributed by atoms with Crippen LogP contribution in [0, 0.1) is 5.41 Å². The number of epoxide rings is 1. The van der Waals surface area contributed by atoms with Crippen molar-refractivity contribution in [2.24, 2.45) is 5.41 Å². The maximum atomic E-state index is 9.48. The first-order valence-electron chi connectivity index (χ1n) is 6.81. The van der Waals surface area contributed by atoms with E-state index in [1.54, 1.807) is 0 Å². The summed E-state index contributed by atoms with van der Waals surface area (Å²) >= 11 is 0. The molecule has 0 bridgehead atoms. The summed E-state index contributed by atoms with van der Waals surface area (Å²) in [5.41, 5.74) is -1.06. The van der Waals surface area contributed by atoms with E-state index in [1.807, 2.05) is 19.1 Å². The van der Waals surface area contributed by atoms with Crippen LogP contribution in [-0.2, 0) is 9.47 Å². The van der Waals surface area contributed by atoms with Crippen molar-refractivity contribution in [1.82, 2.24) is 0 Å². The molecule has 0 aromatic rings. The van der Waals surface area contributed by atoms with Gasteiger partial charge >= 0.3 is 0 Å². The zero-order chi connectivity index (χ0) is 14.4. The Morgan fingerprint density at radius 2 is 1.79 bits per heavy atom. The molecule has 0 spiro atoms. The molecule has 0 aliphatic carbocycles. The van der Waals surface area contributed by atoms with Gasteiger partial charge in [-0.05, 0) is 19.3 Å². The summed E-state index contributed by atoms with van der Waals surface area (Å²) in [7, 11) is 0. The van der Waals surface area contributed by atoms with Crippen molar-refractivity contribution in [3.05, 3.63) is 25.3 Å². The molecule has 0 aromatic carbocycles. The fraction of sp³-hybridized carbons (Fsp3) is 0.733. The molecule has 2 N–H and O–H groups in total. The van der Waals surface area contributed by atoms with Crippen LogP contribution in [0.2, 0.25) is 0 Å². The van der Waals surface area contributed by atoms with Gasteiger partial charge < -0.3 is 19.7 Å². The Morgan fingerprint density at radius 1 is 1.26 bits per heavy atom. The van der Waals surface area contributed by atoms with Crippen molar-refractivity contribution in [2.75, 3.05) is 26.4 Å². The zero-order valence-corrected chi connectivity index (χ0v) is 11.8.